The van der Waals surface area contributed by atoms with Crippen molar-refractivity contribution >= 4 is 0 Å². The summed E-state index contributed by atoms with van der Waals surface area (Å²) in [6, 6.07) is 0. The molecule has 0 aromatic carbocycles. The van der Waals surface area contributed by atoms with Crippen molar-refractivity contribution in [3.05, 3.63) is 18.2 Å². The SMILES string of the molecule is CCCCCC(C)(CC)Cc1nccn1C. The van der Waals surface area contributed by atoms with Crippen molar-refractivity contribution < 1.29 is 0 Å². The average Bonchev–Trinajstić information content (AvgIpc) is 2.65. The molecular weight excluding hydrogens is 196 g/mol. The van der Waals surface area contributed by atoms with Gasteiger partial charge in [-0.25, -0.2) is 4.98 Å². The molecule has 0 N–H and O–H groups in total. The summed E-state index contributed by atoms with van der Waals surface area (Å²) in [5.74, 6) is 1.22. The topological polar surface area (TPSA) is 17.8 Å². The third kappa shape index (κ3) is 3.66. The molecule has 0 fully saturated rings. The summed E-state index contributed by atoms with van der Waals surface area (Å²) in [5, 5.41) is 0. The first kappa shape index (κ1) is 13.3. The van der Waals surface area contributed by atoms with E-state index in [4.69, 9.17) is 0 Å². The highest BCUT2D eigenvalue weighted by Gasteiger charge is 2.23. The van der Waals surface area contributed by atoms with E-state index in [0.717, 1.165) is 6.42 Å². The Morgan fingerprint density at radius 2 is 2.06 bits per heavy atom. The second-order valence-corrected chi connectivity index (χ2v) is 5.25. The minimum Gasteiger partial charge on any atom is -0.338 e. The number of imidazole rings is 1. The van der Waals surface area contributed by atoms with E-state index in [2.05, 4.69) is 37.4 Å². The van der Waals surface area contributed by atoms with Gasteiger partial charge in [0.15, 0.2) is 0 Å². The summed E-state index contributed by atoms with van der Waals surface area (Å²) < 4.78 is 2.15. The molecule has 0 aliphatic rings. The van der Waals surface area contributed by atoms with Crippen molar-refractivity contribution in [2.24, 2.45) is 12.5 Å². The Morgan fingerprint density at radius 1 is 1.31 bits per heavy atom. The molecular formula is C14H26N2. The van der Waals surface area contributed by atoms with Gasteiger partial charge in [0.1, 0.15) is 5.82 Å². The van der Waals surface area contributed by atoms with Gasteiger partial charge in [-0.05, 0) is 11.8 Å². The first-order chi connectivity index (χ1) is 7.61. The van der Waals surface area contributed by atoms with Crippen molar-refractivity contribution in [2.45, 2.75) is 59.3 Å². The van der Waals surface area contributed by atoms with E-state index in [0.29, 0.717) is 5.41 Å². The van der Waals surface area contributed by atoms with Crippen LogP contribution in [0.3, 0.4) is 0 Å². The van der Waals surface area contributed by atoms with Crippen LogP contribution in [0, 0.1) is 5.41 Å². The monoisotopic (exact) mass is 222 g/mol. The van der Waals surface area contributed by atoms with Crippen molar-refractivity contribution in [3.63, 3.8) is 0 Å². The molecule has 1 heterocycles. The van der Waals surface area contributed by atoms with E-state index in [-0.39, 0.29) is 0 Å². The molecule has 1 rings (SSSR count). The molecule has 1 aromatic rings. The van der Waals surface area contributed by atoms with Gasteiger partial charge < -0.3 is 4.57 Å². The Kier molecular flexibility index (Phi) is 5.04. The molecule has 0 saturated carbocycles. The summed E-state index contributed by atoms with van der Waals surface area (Å²) in [5.41, 5.74) is 0.425. The second kappa shape index (κ2) is 6.07. The van der Waals surface area contributed by atoms with Gasteiger partial charge in [-0.15, -0.1) is 0 Å². The molecule has 2 nitrogen and oxygen atoms in total. The van der Waals surface area contributed by atoms with Gasteiger partial charge in [0.25, 0.3) is 0 Å². The largest absolute Gasteiger partial charge is 0.338 e. The van der Waals surface area contributed by atoms with Crippen molar-refractivity contribution in [3.8, 4) is 0 Å². The summed E-state index contributed by atoms with van der Waals surface area (Å²) in [7, 11) is 2.09. The highest BCUT2D eigenvalue weighted by molar-refractivity contribution is 4.96. The van der Waals surface area contributed by atoms with Crippen LogP contribution in [0.1, 0.15) is 58.7 Å². The molecule has 0 radical (unpaired) electrons. The van der Waals surface area contributed by atoms with Crippen LogP contribution in [0.15, 0.2) is 12.4 Å². The standard InChI is InChI=1S/C14H26N2/c1-5-7-8-9-14(3,6-2)12-13-15-10-11-16(13)4/h10-11H,5-9,12H2,1-4H3. The molecule has 0 aliphatic heterocycles. The van der Waals surface area contributed by atoms with Crippen LogP contribution in [0.2, 0.25) is 0 Å². The number of hydrogen-bond acceptors (Lipinski definition) is 1. The first-order valence-electron chi connectivity index (χ1n) is 6.57. The molecule has 16 heavy (non-hydrogen) atoms. The lowest BCUT2D eigenvalue weighted by molar-refractivity contribution is 0.264. The fourth-order valence-corrected chi connectivity index (χ4v) is 2.14. The minimum absolute atomic E-state index is 0.425. The predicted molar refractivity (Wildman–Crippen MR) is 69.5 cm³/mol. The molecule has 2 heteroatoms. The van der Waals surface area contributed by atoms with Gasteiger partial charge in [0.05, 0.1) is 0 Å². The van der Waals surface area contributed by atoms with Gasteiger partial charge in [-0.1, -0.05) is 46.5 Å². The zero-order valence-corrected chi connectivity index (χ0v) is 11.3. The van der Waals surface area contributed by atoms with Crippen LogP contribution in [0.4, 0.5) is 0 Å². The molecule has 0 aliphatic carbocycles. The zero-order chi connectivity index (χ0) is 12.0. The van der Waals surface area contributed by atoms with Gasteiger partial charge >= 0.3 is 0 Å². The Labute approximate surface area is 100 Å². The molecule has 92 valence electrons. The van der Waals surface area contributed by atoms with E-state index >= 15 is 0 Å². The van der Waals surface area contributed by atoms with Gasteiger partial charge in [-0.3, -0.25) is 0 Å². The maximum absolute atomic E-state index is 4.44. The molecule has 0 amide bonds. The summed E-state index contributed by atoms with van der Waals surface area (Å²) in [6.45, 7) is 6.97. The van der Waals surface area contributed by atoms with E-state index in [1.54, 1.807) is 0 Å². The Bertz CT molecular complexity index is 303. The highest BCUT2D eigenvalue weighted by Crippen LogP contribution is 2.31. The third-order valence-electron chi connectivity index (χ3n) is 3.74. The highest BCUT2D eigenvalue weighted by atomic mass is 15.0. The van der Waals surface area contributed by atoms with Gasteiger partial charge in [-0.2, -0.15) is 0 Å². The number of aryl methyl sites for hydroxylation is 1. The molecule has 1 aromatic heterocycles. The lowest BCUT2D eigenvalue weighted by atomic mass is 9.79. The van der Waals surface area contributed by atoms with E-state index in [1.165, 1.54) is 37.9 Å². The van der Waals surface area contributed by atoms with Crippen molar-refractivity contribution in [1.82, 2.24) is 9.55 Å². The molecule has 1 unspecified atom stereocenters. The molecule has 0 saturated heterocycles. The lowest BCUT2D eigenvalue weighted by Gasteiger charge is -2.28. The van der Waals surface area contributed by atoms with Crippen molar-refractivity contribution in [1.29, 1.82) is 0 Å². The number of unbranched alkanes of at least 4 members (excludes halogenated alkanes) is 2. The van der Waals surface area contributed by atoms with Crippen molar-refractivity contribution in [2.75, 3.05) is 0 Å². The smallest absolute Gasteiger partial charge is 0.108 e. The normalized spacial score (nSPS) is 15.0. The summed E-state index contributed by atoms with van der Waals surface area (Å²) >= 11 is 0. The lowest BCUT2D eigenvalue weighted by Crippen LogP contribution is -2.20. The fraction of sp³-hybridized carbons (Fsp3) is 0.786. The predicted octanol–water partition coefficient (Wildman–Crippen LogP) is 3.96. The number of hydrogen-bond donors (Lipinski definition) is 0. The minimum atomic E-state index is 0.425. The summed E-state index contributed by atoms with van der Waals surface area (Å²) in [6.07, 6.45) is 11.6. The second-order valence-electron chi connectivity index (χ2n) is 5.25. The average molecular weight is 222 g/mol. The Hall–Kier alpha value is -0.790. The first-order valence-corrected chi connectivity index (χ1v) is 6.57. The van der Waals surface area contributed by atoms with Crippen LogP contribution in [0.5, 0.6) is 0 Å². The molecule has 1 atom stereocenters. The number of aromatic nitrogens is 2. The Balaban J connectivity index is 2.55. The van der Waals surface area contributed by atoms with Gasteiger partial charge in [0.2, 0.25) is 0 Å². The van der Waals surface area contributed by atoms with Gasteiger partial charge in [0, 0.05) is 25.9 Å². The van der Waals surface area contributed by atoms with Crippen LogP contribution < -0.4 is 0 Å². The van der Waals surface area contributed by atoms with E-state index in [1.807, 2.05) is 12.4 Å². The van der Waals surface area contributed by atoms with E-state index in [9.17, 15) is 0 Å². The van der Waals surface area contributed by atoms with Crippen LogP contribution in [0.25, 0.3) is 0 Å². The molecule has 0 bridgehead atoms. The number of rotatable bonds is 7. The zero-order valence-electron chi connectivity index (χ0n) is 11.3. The van der Waals surface area contributed by atoms with E-state index < -0.39 is 0 Å². The maximum atomic E-state index is 4.44. The van der Waals surface area contributed by atoms with Crippen LogP contribution >= 0.6 is 0 Å². The summed E-state index contributed by atoms with van der Waals surface area (Å²) in [4.78, 5) is 4.44. The quantitative estimate of drug-likeness (QED) is 0.638. The fourth-order valence-electron chi connectivity index (χ4n) is 2.14. The third-order valence-corrected chi connectivity index (χ3v) is 3.74. The Morgan fingerprint density at radius 3 is 2.56 bits per heavy atom. The number of nitrogens with zero attached hydrogens (tertiary/aromatic N) is 2. The molecule has 0 spiro atoms. The van der Waals surface area contributed by atoms with Crippen LogP contribution in [-0.2, 0) is 13.5 Å². The van der Waals surface area contributed by atoms with Crippen LogP contribution in [-0.4, -0.2) is 9.55 Å². The maximum Gasteiger partial charge on any atom is 0.108 e.